The molecule has 2 aromatic carbocycles. The van der Waals surface area contributed by atoms with Crippen molar-refractivity contribution in [3.63, 3.8) is 0 Å². The molecule has 0 aromatic heterocycles. The van der Waals surface area contributed by atoms with Crippen LogP contribution in [-0.2, 0) is 9.59 Å². The van der Waals surface area contributed by atoms with Crippen LogP contribution >= 0.6 is 0 Å². The van der Waals surface area contributed by atoms with Gasteiger partial charge >= 0.3 is 0 Å². The highest BCUT2D eigenvalue weighted by molar-refractivity contribution is 5.94. The predicted molar refractivity (Wildman–Crippen MR) is 102 cm³/mol. The van der Waals surface area contributed by atoms with Crippen molar-refractivity contribution in [3.05, 3.63) is 60.2 Å². The van der Waals surface area contributed by atoms with Crippen LogP contribution in [0.25, 0.3) is 0 Å². The second kappa shape index (κ2) is 9.58. The summed E-state index contributed by atoms with van der Waals surface area (Å²) >= 11 is 0. The number of rotatable bonds is 8. The number of anilines is 1. The molecule has 6 nitrogen and oxygen atoms in total. The lowest BCUT2D eigenvalue weighted by Crippen LogP contribution is -2.40. The number of nitrogens with one attached hydrogen (secondary N) is 2. The Kier molecular flexibility index (Phi) is 7.17. The first kappa shape index (κ1) is 19.5. The van der Waals surface area contributed by atoms with E-state index in [0.29, 0.717) is 11.4 Å². The highest BCUT2D eigenvalue weighted by atomic mass is 16.5. The first-order valence-corrected chi connectivity index (χ1v) is 8.46. The Morgan fingerprint density at radius 1 is 1.12 bits per heavy atom. The molecule has 0 spiro atoms. The summed E-state index contributed by atoms with van der Waals surface area (Å²) in [5, 5.41) is 5.94. The molecule has 0 radical (unpaired) electrons. The van der Waals surface area contributed by atoms with Gasteiger partial charge < -0.3 is 20.3 Å². The Morgan fingerprint density at radius 2 is 1.85 bits per heavy atom. The van der Waals surface area contributed by atoms with Crippen molar-refractivity contribution >= 4 is 17.5 Å². The van der Waals surface area contributed by atoms with Gasteiger partial charge in [0.15, 0.2) is 0 Å². The summed E-state index contributed by atoms with van der Waals surface area (Å²) in [6, 6.07) is 17.0. The number of hydrogen-bond donors (Lipinski definition) is 2. The van der Waals surface area contributed by atoms with Gasteiger partial charge in [-0.2, -0.15) is 0 Å². The Morgan fingerprint density at radius 3 is 2.54 bits per heavy atom. The van der Waals surface area contributed by atoms with Gasteiger partial charge in [-0.05, 0) is 24.6 Å². The predicted octanol–water partition coefficient (Wildman–Crippen LogP) is 2.44. The van der Waals surface area contributed by atoms with Crippen molar-refractivity contribution < 1.29 is 14.3 Å². The molecule has 0 unspecified atom stereocenters. The maximum absolute atomic E-state index is 12.2. The van der Waals surface area contributed by atoms with E-state index in [2.05, 4.69) is 10.6 Å². The molecule has 0 fully saturated rings. The lowest BCUT2D eigenvalue weighted by molar-refractivity contribution is -0.132. The van der Waals surface area contributed by atoms with Gasteiger partial charge in [0.05, 0.1) is 20.2 Å². The van der Waals surface area contributed by atoms with E-state index in [0.717, 1.165) is 5.56 Å². The highest BCUT2D eigenvalue weighted by Gasteiger charge is 2.14. The summed E-state index contributed by atoms with van der Waals surface area (Å²) < 4.78 is 5.12. The molecule has 0 heterocycles. The maximum Gasteiger partial charge on any atom is 0.243 e. The van der Waals surface area contributed by atoms with Gasteiger partial charge in [-0.1, -0.05) is 36.4 Å². The zero-order valence-corrected chi connectivity index (χ0v) is 15.4. The second-order valence-electron chi connectivity index (χ2n) is 6.04. The fourth-order valence-corrected chi connectivity index (χ4v) is 2.44. The topological polar surface area (TPSA) is 70.7 Å². The number of likely N-dealkylation sites (N-methyl/N-ethyl adjacent to an activating group) is 1. The third-order valence-electron chi connectivity index (χ3n) is 4.02. The summed E-state index contributed by atoms with van der Waals surface area (Å²) in [5.41, 5.74) is 1.74. The summed E-state index contributed by atoms with van der Waals surface area (Å²) in [6.07, 6.45) is 0. The zero-order valence-electron chi connectivity index (χ0n) is 15.4. The fraction of sp³-hybridized carbons (Fsp3) is 0.300. The number of hydrogen-bond acceptors (Lipinski definition) is 4. The average Bonchev–Trinajstić information content (AvgIpc) is 2.66. The van der Waals surface area contributed by atoms with Crippen LogP contribution in [0.5, 0.6) is 5.75 Å². The molecule has 6 heteroatoms. The van der Waals surface area contributed by atoms with E-state index in [-0.39, 0.29) is 30.9 Å². The molecule has 26 heavy (non-hydrogen) atoms. The minimum atomic E-state index is -0.259. The third-order valence-corrected chi connectivity index (χ3v) is 4.02. The lowest BCUT2D eigenvalue weighted by atomic mass is 10.1. The van der Waals surface area contributed by atoms with Crippen LogP contribution in [0.2, 0.25) is 0 Å². The minimum Gasteiger partial charge on any atom is -0.497 e. The number of nitrogens with zero attached hydrogens (tertiary/aromatic N) is 1. The van der Waals surface area contributed by atoms with Gasteiger partial charge in [0.25, 0.3) is 0 Å². The Hall–Kier alpha value is -2.86. The van der Waals surface area contributed by atoms with E-state index >= 15 is 0 Å². The lowest BCUT2D eigenvalue weighted by Gasteiger charge is -2.19. The van der Waals surface area contributed by atoms with E-state index < -0.39 is 0 Å². The van der Waals surface area contributed by atoms with Crippen LogP contribution in [0.3, 0.4) is 0 Å². The molecule has 1 atom stereocenters. The molecule has 0 bridgehead atoms. The quantitative estimate of drug-likeness (QED) is 0.763. The van der Waals surface area contributed by atoms with Crippen LogP contribution < -0.4 is 15.4 Å². The minimum absolute atomic E-state index is 0.0164. The number of benzene rings is 2. The number of methoxy groups -OCH3 is 1. The Labute approximate surface area is 154 Å². The van der Waals surface area contributed by atoms with E-state index in [1.165, 1.54) is 4.90 Å². The smallest absolute Gasteiger partial charge is 0.243 e. The second-order valence-corrected chi connectivity index (χ2v) is 6.04. The van der Waals surface area contributed by atoms with Crippen LogP contribution in [-0.4, -0.2) is 44.0 Å². The van der Waals surface area contributed by atoms with Gasteiger partial charge in [-0.3, -0.25) is 9.59 Å². The van der Waals surface area contributed by atoms with E-state index in [9.17, 15) is 9.59 Å². The SMILES string of the molecule is COc1cccc(NC(=O)CN(C)C(=O)CN[C@H](C)c2ccccc2)c1. The molecule has 0 aliphatic heterocycles. The summed E-state index contributed by atoms with van der Waals surface area (Å²) in [7, 11) is 3.18. The molecule has 2 rings (SSSR count). The molecular formula is C20H25N3O3. The molecule has 0 saturated heterocycles. The molecule has 2 N–H and O–H groups in total. The fourth-order valence-electron chi connectivity index (χ4n) is 2.44. The van der Waals surface area contributed by atoms with Gasteiger partial charge in [0.2, 0.25) is 11.8 Å². The normalized spacial score (nSPS) is 11.5. The summed E-state index contributed by atoms with van der Waals surface area (Å²) in [6.45, 7) is 2.15. The van der Waals surface area contributed by atoms with E-state index in [1.807, 2.05) is 37.3 Å². The molecular weight excluding hydrogens is 330 g/mol. The van der Waals surface area contributed by atoms with Gasteiger partial charge in [0, 0.05) is 24.8 Å². The van der Waals surface area contributed by atoms with Crippen molar-refractivity contribution in [2.45, 2.75) is 13.0 Å². The van der Waals surface area contributed by atoms with Crippen LogP contribution in [0.15, 0.2) is 54.6 Å². The van der Waals surface area contributed by atoms with Crippen molar-refractivity contribution in [1.82, 2.24) is 10.2 Å². The van der Waals surface area contributed by atoms with Crippen LogP contribution in [0, 0.1) is 0 Å². The first-order chi connectivity index (χ1) is 12.5. The van der Waals surface area contributed by atoms with Crippen LogP contribution in [0.4, 0.5) is 5.69 Å². The van der Waals surface area contributed by atoms with Crippen molar-refractivity contribution in [2.75, 3.05) is 32.6 Å². The molecule has 2 aromatic rings. The standard InChI is InChI=1S/C20H25N3O3/c1-15(16-8-5-4-6-9-16)21-13-20(25)23(2)14-19(24)22-17-10-7-11-18(12-17)26-3/h4-12,15,21H,13-14H2,1-3H3,(H,22,24)/t15-/m1/s1. The highest BCUT2D eigenvalue weighted by Crippen LogP contribution is 2.16. The Bertz CT molecular complexity index is 734. The number of amides is 2. The largest absolute Gasteiger partial charge is 0.497 e. The Balaban J connectivity index is 1.79. The first-order valence-electron chi connectivity index (χ1n) is 8.46. The summed E-state index contributed by atoms with van der Waals surface area (Å²) in [5.74, 6) is 0.255. The molecule has 0 aliphatic carbocycles. The molecule has 0 saturated carbocycles. The summed E-state index contributed by atoms with van der Waals surface area (Å²) in [4.78, 5) is 25.8. The zero-order chi connectivity index (χ0) is 18.9. The average molecular weight is 355 g/mol. The third kappa shape index (κ3) is 5.89. The van der Waals surface area contributed by atoms with E-state index in [1.54, 1.807) is 38.4 Å². The van der Waals surface area contributed by atoms with Crippen molar-refractivity contribution in [2.24, 2.45) is 0 Å². The molecule has 0 aliphatic rings. The van der Waals surface area contributed by atoms with E-state index in [4.69, 9.17) is 4.74 Å². The maximum atomic E-state index is 12.2. The van der Waals surface area contributed by atoms with Crippen molar-refractivity contribution in [3.8, 4) is 5.75 Å². The number of ether oxygens (including phenoxy) is 1. The number of carbonyl (C=O) groups excluding carboxylic acids is 2. The van der Waals surface area contributed by atoms with Crippen LogP contribution in [0.1, 0.15) is 18.5 Å². The molecule has 138 valence electrons. The monoisotopic (exact) mass is 355 g/mol. The van der Waals surface area contributed by atoms with Crippen molar-refractivity contribution in [1.29, 1.82) is 0 Å². The van der Waals surface area contributed by atoms with Gasteiger partial charge in [0.1, 0.15) is 5.75 Å². The number of carbonyl (C=O) groups is 2. The van der Waals surface area contributed by atoms with Gasteiger partial charge in [-0.15, -0.1) is 0 Å². The molecule has 2 amide bonds. The van der Waals surface area contributed by atoms with Gasteiger partial charge in [-0.25, -0.2) is 0 Å².